The molecule has 0 saturated heterocycles. The molecule has 0 heterocycles. The number of nitrogens with two attached hydrogens (primary N) is 2. The second-order valence-electron chi connectivity index (χ2n) is 4.21. The van der Waals surface area contributed by atoms with Crippen LogP contribution in [0, 0.1) is 19.3 Å². The molecule has 0 spiro atoms. The van der Waals surface area contributed by atoms with E-state index in [0.29, 0.717) is 0 Å². The highest BCUT2D eigenvalue weighted by Gasteiger charge is 1.94. The Morgan fingerprint density at radius 1 is 0.947 bits per heavy atom. The Bertz CT molecular complexity index is 528. The molecule has 0 unspecified atom stereocenters. The van der Waals surface area contributed by atoms with Crippen molar-refractivity contribution in [1.82, 2.24) is 0 Å². The molecule has 0 aliphatic rings. The van der Waals surface area contributed by atoms with Gasteiger partial charge in [0.2, 0.25) is 0 Å². The van der Waals surface area contributed by atoms with Crippen LogP contribution in [0.15, 0.2) is 48.5 Å². The molecule has 0 aliphatic carbocycles. The average Bonchev–Trinajstić information content (AvgIpc) is 2.36. The third-order valence-electron chi connectivity index (χ3n) is 2.60. The first-order chi connectivity index (χ1) is 9.00. The molecule has 4 heteroatoms. The highest BCUT2D eigenvalue weighted by molar-refractivity contribution is 5.90. The average molecular weight is 256 g/mol. The maximum Gasteiger partial charge on any atom is 0.190 e. The minimum Gasteiger partial charge on any atom is -0.399 e. The molecule has 0 aromatic heterocycles. The molecule has 4 nitrogen and oxygen atoms in total. The number of benzene rings is 2. The van der Waals surface area contributed by atoms with Crippen LogP contribution in [0.2, 0.25) is 0 Å². The monoisotopic (exact) mass is 256 g/mol. The molecule has 0 atom stereocenters. The normalized spacial score (nSPS) is 9.16. The van der Waals surface area contributed by atoms with E-state index >= 15 is 0 Å². The van der Waals surface area contributed by atoms with Crippen LogP contribution in [-0.4, -0.2) is 5.96 Å². The lowest BCUT2D eigenvalue weighted by atomic mass is 10.2. The lowest BCUT2D eigenvalue weighted by Gasteiger charge is -2.05. The molecule has 0 fully saturated rings. The number of nitrogen functional groups attached to an aromatic ring is 1. The van der Waals surface area contributed by atoms with Crippen LogP contribution >= 0.6 is 0 Å². The highest BCUT2D eigenvalue weighted by Crippen LogP contribution is 2.11. The molecule has 2 aromatic carbocycles. The summed E-state index contributed by atoms with van der Waals surface area (Å²) in [5.41, 5.74) is 14.7. The van der Waals surface area contributed by atoms with Gasteiger partial charge >= 0.3 is 0 Å². The fourth-order valence-corrected chi connectivity index (χ4v) is 1.45. The van der Waals surface area contributed by atoms with Crippen molar-refractivity contribution in [1.29, 1.82) is 5.41 Å². The molecule has 2 aromatic rings. The third-order valence-corrected chi connectivity index (χ3v) is 2.60. The van der Waals surface area contributed by atoms with Crippen molar-refractivity contribution in [3.8, 4) is 0 Å². The first kappa shape index (κ1) is 14.6. The lowest BCUT2D eigenvalue weighted by Crippen LogP contribution is -2.20. The molecule has 0 bridgehead atoms. The molecule has 0 amide bonds. The quantitative estimate of drug-likeness (QED) is 0.359. The zero-order valence-corrected chi connectivity index (χ0v) is 11.3. The lowest BCUT2D eigenvalue weighted by molar-refractivity contribution is 1.38. The number of rotatable bonds is 1. The van der Waals surface area contributed by atoms with Gasteiger partial charge < -0.3 is 16.8 Å². The minimum atomic E-state index is -0.0284. The maximum atomic E-state index is 7.00. The Morgan fingerprint density at radius 2 is 1.47 bits per heavy atom. The summed E-state index contributed by atoms with van der Waals surface area (Å²) in [6.07, 6.45) is 0. The van der Waals surface area contributed by atoms with Crippen molar-refractivity contribution in [2.45, 2.75) is 13.8 Å². The Morgan fingerprint density at radius 3 is 1.89 bits per heavy atom. The second-order valence-corrected chi connectivity index (χ2v) is 4.21. The predicted molar refractivity (Wildman–Crippen MR) is 82.3 cm³/mol. The SMILES string of the molecule is Cc1ccccc1N.Cc1ccccc1NC(=N)N. The van der Waals surface area contributed by atoms with Gasteiger partial charge in [-0.2, -0.15) is 0 Å². The molecule has 2 rings (SSSR count). The van der Waals surface area contributed by atoms with Crippen molar-refractivity contribution in [3.05, 3.63) is 59.7 Å². The smallest absolute Gasteiger partial charge is 0.190 e. The van der Waals surface area contributed by atoms with Gasteiger partial charge in [0.05, 0.1) is 0 Å². The van der Waals surface area contributed by atoms with Gasteiger partial charge in [-0.3, -0.25) is 5.41 Å². The van der Waals surface area contributed by atoms with Crippen LogP contribution in [-0.2, 0) is 0 Å². The van der Waals surface area contributed by atoms with Crippen LogP contribution in [0.1, 0.15) is 11.1 Å². The van der Waals surface area contributed by atoms with Crippen molar-refractivity contribution in [2.24, 2.45) is 5.73 Å². The van der Waals surface area contributed by atoms with Crippen LogP contribution in [0.25, 0.3) is 0 Å². The molecule has 0 aliphatic heterocycles. The standard InChI is InChI=1S/C8H11N3.C7H9N/c1-6-4-2-3-5-7(6)11-8(9)10;1-6-4-2-3-5-7(6)8/h2-5H,1H3,(H4,9,10,11);2-5H,8H2,1H3. The predicted octanol–water partition coefficient (Wildman–Crippen LogP) is 2.88. The summed E-state index contributed by atoms with van der Waals surface area (Å²) in [4.78, 5) is 0. The van der Waals surface area contributed by atoms with Crippen molar-refractivity contribution in [2.75, 3.05) is 11.1 Å². The highest BCUT2D eigenvalue weighted by atomic mass is 15.0. The van der Waals surface area contributed by atoms with Gasteiger partial charge in [-0.05, 0) is 37.1 Å². The first-order valence-electron chi connectivity index (χ1n) is 5.98. The number of para-hydroxylation sites is 2. The van der Waals surface area contributed by atoms with Crippen molar-refractivity contribution < 1.29 is 0 Å². The number of hydrogen-bond acceptors (Lipinski definition) is 2. The molecule has 6 N–H and O–H groups in total. The van der Waals surface area contributed by atoms with E-state index in [1.165, 1.54) is 0 Å². The zero-order chi connectivity index (χ0) is 14.3. The van der Waals surface area contributed by atoms with E-state index in [1.54, 1.807) is 0 Å². The molecule has 19 heavy (non-hydrogen) atoms. The van der Waals surface area contributed by atoms with E-state index < -0.39 is 0 Å². The fourth-order valence-electron chi connectivity index (χ4n) is 1.45. The van der Waals surface area contributed by atoms with E-state index in [2.05, 4.69) is 5.32 Å². The summed E-state index contributed by atoms with van der Waals surface area (Å²) in [5, 5.41) is 9.73. The zero-order valence-electron chi connectivity index (χ0n) is 11.3. The third kappa shape index (κ3) is 5.12. The van der Waals surface area contributed by atoms with Crippen molar-refractivity contribution in [3.63, 3.8) is 0 Å². The van der Waals surface area contributed by atoms with Gasteiger partial charge in [0, 0.05) is 11.4 Å². The molecular formula is C15H20N4. The van der Waals surface area contributed by atoms with E-state index in [9.17, 15) is 0 Å². The van der Waals surface area contributed by atoms with E-state index in [1.807, 2.05) is 62.4 Å². The van der Waals surface area contributed by atoms with Gasteiger partial charge in [-0.15, -0.1) is 0 Å². The summed E-state index contributed by atoms with van der Waals surface area (Å²) in [6.45, 7) is 3.96. The van der Waals surface area contributed by atoms with Crippen LogP contribution in [0.3, 0.4) is 0 Å². The van der Waals surface area contributed by atoms with Crippen molar-refractivity contribution >= 4 is 17.3 Å². The van der Waals surface area contributed by atoms with Crippen LogP contribution < -0.4 is 16.8 Å². The Balaban J connectivity index is 0.000000200. The molecule has 0 radical (unpaired) electrons. The summed E-state index contributed by atoms with van der Waals surface area (Å²) < 4.78 is 0. The number of hydrogen-bond donors (Lipinski definition) is 4. The number of anilines is 2. The van der Waals surface area contributed by atoms with Crippen LogP contribution in [0.4, 0.5) is 11.4 Å². The van der Waals surface area contributed by atoms with Gasteiger partial charge in [0.25, 0.3) is 0 Å². The number of guanidine groups is 1. The van der Waals surface area contributed by atoms with Gasteiger partial charge in [-0.1, -0.05) is 36.4 Å². The maximum absolute atomic E-state index is 7.00. The fraction of sp³-hybridized carbons (Fsp3) is 0.133. The van der Waals surface area contributed by atoms with E-state index in [0.717, 1.165) is 22.5 Å². The van der Waals surface area contributed by atoms with E-state index in [-0.39, 0.29) is 5.96 Å². The van der Waals surface area contributed by atoms with Gasteiger partial charge in [0.1, 0.15) is 0 Å². The first-order valence-corrected chi connectivity index (χ1v) is 5.98. The number of aryl methyl sites for hydroxylation is 2. The summed E-state index contributed by atoms with van der Waals surface area (Å²) >= 11 is 0. The molecular weight excluding hydrogens is 236 g/mol. The largest absolute Gasteiger partial charge is 0.399 e. The van der Waals surface area contributed by atoms with E-state index in [4.69, 9.17) is 16.9 Å². The summed E-state index contributed by atoms with van der Waals surface area (Å²) in [5.74, 6) is -0.0284. The molecule has 100 valence electrons. The molecule has 0 saturated carbocycles. The Hall–Kier alpha value is -2.49. The van der Waals surface area contributed by atoms with Gasteiger partial charge in [0.15, 0.2) is 5.96 Å². The van der Waals surface area contributed by atoms with Crippen LogP contribution in [0.5, 0.6) is 0 Å². The Kier molecular flexibility index (Phi) is 5.41. The Labute approximate surface area is 114 Å². The minimum absolute atomic E-state index is 0.0284. The van der Waals surface area contributed by atoms with Gasteiger partial charge in [-0.25, -0.2) is 0 Å². The number of nitrogens with one attached hydrogen (secondary N) is 2. The topological polar surface area (TPSA) is 87.9 Å². The summed E-state index contributed by atoms with van der Waals surface area (Å²) in [6, 6.07) is 15.5. The summed E-state index contributed by atoms with van der Waals surface area (Å²) in [7, 11) is 0. The second kappa shape index (κ2) is 7.06.